The Bertz CT molecular complexity index is 412. The number of ether oxygens (including phenoxy) is 2. The summed E-state index contributed by atoms with van der Waals surface area (Å²) in [4.78, 5) is 2.27. The van der Waals surface area contributed by atoms with Crippen LogP contribution in [0.2, 0.25) is 0 Å². The average molecular weight is 266 g/mol. The second-order valence-electron chi connectivity index (χ2n) is 4.89. The van der Waals surface area contributed by atoms with E-state index in [4.69, 9.17) is 9.47 Å². The molecule has 19 heavy (non-hydrogen) atoms. The summed E-state index contributed by atoms with van der Waals surface area (Å²) in [6.45, 7) is 4.29. The van der Waals surface area contributed by atoms with Gasteiger partial charge in [-0.25, -0.2) is 0 Å². The van der Waals surface area contributed by atoms with E-state index >= 15 is 0 Å². The molecule has 2 rings (SSSR count). The van der Waals surface area contributed by atoms with Gasteiger partial charge in [-0.1, -0.05) is 6.07 Å². The summed E-state index contributed by atoms with van der Waals surface area (Å²) >= 11 is 0. The predicted octanol–water partition coefficient (Wildman–Crippen LogP) is 0.821. The maximum Gasteiger partial charge on any atom is 0.160 e. The van der Waals surface area contributed by atoms with Crippen molar-refractivity contribution in [3.05, 3.63) is 23.8 Å². The van der Waals surface area contributed by atoms with Crippen LogP contribution in [0.15, 0.2) is 18.2 Å². The van der Waals surface area contributed by atoms with Crippen molar-refractivity contribution in [1.29, 1.82) is 0 Å². The zero-order valence-electron chi connectivity index (χ0n) is 11.6. The normalized spacial score (nSPS) is 20.4. The first kappa shape index (κ1) is 14.1. The lowest BCUT2D eigenvalue weighted by atomic mass is 10.2. The molecule has 1 atom stereocenters. The molecule has 1 aliphatic rings. The summed E-state index contributed by atoms with van der Waals surface area (Å²) in [7, 11) is 3.65. The first-order chi connectivity index (χ1) is 9.19. The Kier molecular flexibility index (Phi) is 5.01. The van der Waals surface area contributed by atoms with E-state index < -0.39 is 0 Å². The van der Waals surface area contributed by atoms with Crippen molar-refractivity contribution < 1.29 is 14.6 Å². The Hall–Kier alpha value is -1.30. The number of aromatic hydroxyl groups is 1. The number of morpholine rings is 1. The molecule has 0 aromatic heterocycles. The number of rotatable bonds is 5. The SMILES string of the molecule is COc1ccc(CNCC2CN(C)CCO2)cc1O. The van der Waals surface area contributed by atoms with Crippen molar-refractivity contribution in [2.24, 2.45) is 0 Å². The van der Waals surface area contributed by atoms with Crippen LogP contribution in [0.25, 0.3) is 0 Å². The minimum Gasteiger partial charge on any atom is -0.504 e. The highest BCUT2D eigenvalue weighted by molar-refractivity contribution is 5.41. The molecular formula is C14H22N2O3. The Morgan fingerprint density at radius 3 is 3.05 bits per heavy atom. The summed E-state index contributed by atoms with van der Waals surface area (Å²) in [5, 5.41) is 13.0. The van der Waals surface area contributed by atoms with Crippen LogP contribution in [0, 0.1) is 0 Å². The van der Waals surface area contributed by atoms with Crippen LogP contribution in [0.3, 0.4) is 0 Å². The van der Waals surface area contributed by atoms with Gasteiger partial charge in [-0.15, -0.1) is 0 Å². The molecule has 0 amide bonds. The Morgan fingerprint density at radius 1 is 1.53 bits per heavy atom. The molecule has 1 aromatic carbocycles. The molecule has 0 radical (unpaired) electrons. The zero-order valence-corrected chi connectivity index (χ0v) is 11.6. The van der Waals surface area contributed by atoms with Crippen LogP contribution in [-0.4, -0.2) is 56.5 Å². The third-order valence-electron chi connectivity index (χ3n) is 3.29. The third kappa shape index (κ3) is 4.09. The van der Waals surface area contributed by atoms with Gasteiger partial charge in [-0.05, 0) is 24.7 Å². The van der Waals surface area contributed by atoms with Gasteiger partial charge >= 0.3 is 0 Å². The molecule has 1 aliphatic heterocycles. The van der Waals surface area contributed by atoms with Crippen LogP contribution in [-0.2, 0) is 11.3 Å². The smallest absolute Gasteiger partial charge is 0.160 e. The minimum absolute atomic E-state index is 0.176. The molecule has 0 bridgehead atoms. The lowest BCUT2D eigenvalue weighted by Crippen LogP contribution is -2.44. The van der Waals surface area contributed by atoms with Crippen molar-refractivity contribution in [3.63, 3.8) is 0 Å². The van der Waals surface area contributed by atoms with Gasteiger partial charge in [-0.3, -0.25) is 0 Å². The van der Waals surface area contributed by atoms with Gasteiger partial charge in [0.25, 0.3) is 0 Å². The fourth-order valence-corrected chi connectivity index (χ4v) is 2.21. The second kappa shape index (κ2) is 6.75. The zero-order chi connectivity index (χ0) is 13.7. The molecule has 0 saturated carbocycles. The standard InChI is InChI=1S/C14H22N2O3/c1-16-5-6-19-12(10-16)9-15-8-11-3-4-14(18-2)13(17)7-11/h3-4,7,12,15,17H,5-6,8-10H2,1-2H3. The first-order valence-corrected chi connectivity index (χ1v) is 6.56. The molecule has 1 fully saturated rings. The van der Waals surface area contributed by atoms with Crippen molar-refractivity contribution in [1.82, 2.24) is 10.2 Å². The van der Waals surface area contributed by atoms with Gasteiger partial charge in [0.1, 0.15) is 0 Å². The summed E-state index contributed by atoms with van der Waals surface area (Å²) in [5.74, 6) is 0.677. The molecule has 5 nitrogen and oxygen atoms in total. The van der Waals surface area contributed by atoms with Gasteiger partial charge in [0.15, 0.2) is 11.5 Å². The molecule has 1 saturated heterocycles. The van der Waals surface area contributed by atoms with Crippen molar-refractivity contribution in [2.45, 2.75) is 12.6 Å². The quantitative estimate of drug-likeness (QED) is 0.826. The summed E-state index contributed by atoms with van der Waals surface area (Å²) < 4.78 is 10.7. The van der Waals surface area contributed by atoms with Crippen LogP contribution in [0.5, 0.6) is 11.5 Å². The van der Waals surface area contributed by atoms with Crippen LogP contribution < -0.4 is 10.1 Å². The maximum absolute atomic E-state index is 9.69. The number of nitrogens with one attached hydrogen (secondary N) is 1. The Morgan fingerprint density at radius 2 is 2.37 bits per heavy atom. The first-order valence-electron chi connectivity index (χ1n) is 6.56. The number of hydrogen-bond donors (Lipinski definition) is 2. The van der Waals surface area contributed by atoms with Gasteiger partial charge in [-0.2, -0.15) is 0 Å². The molecule has 0 aliphatic carbocycles. The summed E-state index contributed by atoms with van der Waals surface area (Å²) in [5.41, 5.74) is 1.03. The Labute approximate surface area is 114 Å². The predicted molar refractivity (Wildman–Crippen MR) is 73.6 cm³/mol. The molecular weight excluding hydrogens is 244 g/mol. The van der Waals surface area contributed by atoms with E-state index in [2.05, 4.69) is 17.3 Å². The highest BCUT2D eigenvalue weighted by Crippen LogP contribution is 2.25. The minimum atomic E-state index is 0.176. The Balaban J connectivity index is 1.77. The third-order valence-corrected chi connectivity index (χ3v) is 3.29. The second-order valence-corrected chi connectivity index (χ2v) is 4.89. The number of hydrogen-bond acceptors (Lipinski definition) is 5. The highest BCUT2D eigenvalue weighted by atomic mass is 16.5. The number of methoxy groups -OCH3 is 1. The highest BCUT2D eigenvalue weighted by Gasteiger charge is 2.16. The molecule has 106 valence electrons. The molecule has 5 heteroatoms. The van der Waals surface area contributed by atoms with Crippen molar-refractivity contribution in [3.8, 4) is 11.5 Å². The van der Waals surface area contributed by atoms with E-state index in [-0.39, 0.29) is 11.9 Å². The molecule has 1 unspecified atom stereocenters. The van der Waals surface area contributed by atoms with Gasteiger partial charge < -0.3 is 24.8 Å². The lowest BCUT2D eigenvalue weighted by Gasteiger charge is -2.30. The van der Waals surface area contributed by atoms with E-state index in [0.29, 0.717) is 12.3 Å². The number of nitrogens with zero attached hydrogens (tertiary/aromatic N) is 1. The van der Waals surface area contributed by atoms with Crippen LogP contribution >= 0.6 is 0 Å². The summed E-state index contributed by atoms with van der Waals surface area (Å²) in [6.07, 6.45) is 0.241. The number of phenolic OH excluding ortho intramolecular Hbond substituents is 1. The monoisotopic (exact) mass is 266 g/mol. The number of phenols is 1. The van der Waals surface area contributed by atoms with E-state index in [1.165, 1.54) is 0 Å². The largest absolute Gasteiger partial charge is 0.504 e. The summed E-state index contributed by atoms with van der Waals surface area (Å²) in [6, 6.07) is 5.44. The lowest BCUT2D eigenvalue weighted by molar-refractivity contribution is -0.0182. The maximum atomic E-state index is 9.69. The van der Waals surface area contributed by atoms with E-state index in [0.717, 1.165) is 31.8 Å². The van der Waals surface area contributed by atoms with E-state index in [1.807, 2.05) is 6.07 Å². The number of benzene rings is 1. The van der Waals surface area contributed by atoms with Crippen LogP contribution in [0.1, 0.15) is 5.56 Å². The number of likely N-dealkylation sites (N-methyl/N-ethyl adjacent to an activating group) is 1. The molecule has 0 spiro atoms. The topological polar surface area (TPSA) is 54.0 Å². The fraction of sp³-hybridized carbons (Fsp3) is 0.571. The fourth-order valence-electron chi connectivity index (χ4n) is 2.21. The van der Waals surface area contributed by atoms with Gasteiger partial charge in [0.05, 0.1) is 19.8 Å². The molecule has 1 aromatic rings. The van der Waals surface area contributed by atoms with Gasteiger partial charge in [0.2, 0.25) is 0 Å². The average Bonchev–Trinajstić information content (AvgIpc) is 2.39. The van der Waals surface area contributed by atoms with E-state index in [9.17, 15) is 5.11 Å². The van der Waals surface area contributed by atoms with Crippen molar-refractivity contribution in [2.75, 3.05) is 40.4 Å². The molecule has 1 heterocycles. The van der Waals surface area contributed by atoms with Gasteiger partial charge in [0, 0.05) is 26.2 Å². The molecule has 2 N–H and O–H groups in total. The van der Waals surface area contributed by atoms with E-state index in [1.54, 1.807) is 19.2 Å². The van der Waals surface area contributed by atoms with Crippen LogP contribution in [0.4, 0.5) is 0 Å². The van der Waals surface area contributed by atoms with Crippen molar-refractivity contribution >= 4 is 0 Å².